The van der Waals surface area contributed by atoms with Gasteiger partial charge in [0.15, 0.2) is 0 Å². The van der Waals surface area contributed by atoms with Crippen molar-refractivity contribution >= 4 is 44.9 Å². The van der Waals surface area contributed by atoms with Crippen LogP contribution in [0.25, 0.3) is 0 Å². The summed E-state index contributed by atoms with van der Waals surface area (Å²) >= 11 is 5.98. The minimum absolute atomic E-state index is 0.00191. The quantitative estimate of drug-likeness (QED) is 0.660. The summed E-state index contributed by atoms with van der Waals surface area (Å²) in [4.78, 5) is 24.0. The number of anilines is 2. The second-order valence-corrected chi connectivity index (χ2v) is 8.37. The zero-order valence-electron chi connectivity index (χ0n) is 15.7. The smallest absolute Gasteiger partial charge is 0.416 e. The normalized spacial score (nSPS) is 11.7. The molecule has 1 amide bonds. The van der Waals surface area contributed by atoms with E-state index in [0.29, 0.717) is 10.4 Å². The number of hydrogen-bond acceptors (Lipinski definition) is 5. The molecular weight excluding hydrogens is 449 g/mol. The van der Waals surface area contributed by atoms with Gasteiger partial charge in [0.2, 0.25) is 15.9 Å². The second kappa shape index (κ2) is 8.92. The molecule has 1 N–H and O–H groups in total. The van der Waals surface area contributed by atoms with E-state index in [9.17, 15) is 31.2 Å². The fourth-order valence-corrected chi connectivity index (χ4v) is 3.44. The van der Waals surface area contributed by atoms with Crippen molar-refractivity contribution in [2.24, 2.45) is 0 Å². The predicted octanol–water partition coefficient (Wildman–Crippen LogP) is 3.55. The molecular formula is C18H16ClF3N2O5S. The molecule has 0 heterocycles. The van der Waals surface area contributed by atoms with Crippen molar-refractivity contribution in [1.82, 2.24) is 0 Å². The van der Waals surface area contributed by atoms with Crippen molar-refractivity contribution in [1.29, 1.82) is 0 Å². The van der Waals surface area contributed by atoms with Gasteiger partial charge in [-0.3, -0.25) is 9.10 Å². The number of esters is 1. The van der Waals surface area contributed by atoms with E-state index in [1.165, 1.54) is 18.2 Å². The van der Waals surface area contributed by atoms with Crippen molar-refractivity contribution in [3.63, 3.8) is 0 Å². The summed E-state index contributed by atoms with van der Waals surface area (Å²) in [5, 5.41) is 2.40. The zero-order chi connectivity index (χ0) is 22.7. The molecule has 2 aromatic carbocycles. The second-order valence-electron chi connectivity index (χ2n) is 6.05. The van der Waals surface area contributed by atoms with Gasteiger partial charge in [-0.2, -0.15) is 13.2 Å². The molecule has 0 saturated heterocycles. The first-order valence-electron chi connectivity index (χ1n) is 8.15. The van der Waals surface area contributed by atoms with E-state index in [2.05, 4.69) is 10.1 Å². The van der Waals surface area contributed by atoms with E-state index in [1.54, 1.807) is 0 Å². The highest BCUT2D eigenvalue weighted by Crippen LogP contribution is 2.32. The van der Waals surface area contributed by atoms with Crippen molar-refractivity contribution in [3.05, 3.63) is 58.6 Å². The third-order valence-corrected chi connectivity index (χ3v) is 5.28. The van der Waals surface area contributed by atoms with Crippen LogP contribution in [-0.2, 0) is 25.7 Å². The van der Waals surface area contributed by atoms with Gasteiger partial charge in [-0.05, 0) is 36.4 Å². The molecule has 0 spiro atoms. The van der Waals surface area contributed by atoms with Crippen LogP contribution in [0.1, 0.15) is 15.9 Å². The van der Waals surface area contributed by atoms with E-state index < -0.39 is 40.2 Å². The molecule has 7 nitrogen and oxygen atoms in total. The van der Waals surface area contributed by atoms with Gasteiger partial charge in [-0.15, -0.1) is 0 Å². The number of benzene rings is 2. The highest BCUT2D eigenvalue weighted by atomic mass is 35.5. The first-order valence-corrected chi connectivity index (χ1v) is 10.4. The lowest BCUT2D eigenvalue weighted by atomic mass is 10.2. The SMILES string of the molecule is COC(=O)c1ccc(Cl)c(NC(=O)CN(c2cccc(C(F)(F)F)c2)S(C)(=O)=O)c1. The van der Waals surface area contributed by atoms with Gasteiger partial charge in [0.25, 0.3) is 0 Å². The zero-order valence-corrected chi connectivity index (χ0v) is 17.2. The number of carbonyl (C=O) groups is 2. The summed E-state index contributed by atoms with van der Waals surface area (Å²) < 4.78 is 68.2. The molecule has 0 aliphatic carbocycles. The van der Waals surface area contributed by atoms with E-state index >= 15 is 0 Å². The van der Waals surface area contributed by atoms with Gasteiger partial charge in [-0.1, -0.05) is 17.7 Å². The van der Waals surface area contributed by atoms with Gasteiger partial charge in [0, 0.05) is 0 Å². The maximum Gasteiger partial charge on any atom is 0.416 e. The molecule has 0 saturated carbocycles. The van der Waals surface area contributed by atoms with Gasteiger partial charge >= 0.3 is 12.1 Å². The number of methoxy groups -OCH3 is 1. The number of nitrogens with zero attached hydrogens (tertiary/aromatic N) is 1. The highest BCUT2D eigenvalue weighted by Gasteiger charge is 2.32. The minimum Gasteiger partial charge on any atom is -0.465 e. The molecule has 0 aliphatic rings. The van der Waals surface area contributed by atoms with Crippen LogP contribution in [0, 0.1) is 0 Å². The lowest BCUT2D eigenvalue weighted by Crippen LogP contribution is -2.37. The fourth-order valence-electron chi connectivity index (χ4n) is 2.42. The summed E-state index contributed by atoms with van der Waals surface area (Å²) in [5.74, 6) is -1.58. The van der Waals surface area contributed by atoms with Crippen LogP contribution in [0.15, 0.2) is 42.5 Å². The van der Waals surface area contributed by atoms with E-state index in [0.717, 1.165) is 31.6 Å². The summed E-state index contributed by atoms with van der Waals surface area (Å²) in [6, 6.07) is 7.47. The van der Waals surface area contributed by atoms with Gasteiger partial charge in [0.1, 0.15) is 6.54 Å². The minimum atomic E-state index is -4.69. The first kappa shape index (κ1) is 23.5. The number of sulfonamides is 1. The molecule has 30 heavy (non-hydrogen) atoms. The maximum atomic E-state index is 13.0. The number of alkyl halides is 3. The number of ether oxygens (including phenoxy) is 1. The number of nitrogens with one attached hydrogen (secondary N) is 1. The summed E-state index contributed by atoms with van der Waals surface area (Å²) in [6.07, 6.45) is -3.94. The van der Waals surface area contributed by atoms with Gasteiger partial charge in [0.05, 0.1) is 40.9 Å². The molecule has 0 bridgehead atoms. The molecule has 0 atom stereocenters. The average molecular weight is 465 g/mol. The third kappa shape index (κ3) is 5.86. The fraction of sp³-hybridized carbons (Fsp3) is 0.222. The molecule has 0 aliphatic heterocycles. The highest BCUT2D eigenvalue weighted by molar-refractivity contribution is 7.92. The molecule has 0 radical (unpaired) electrons. The lowest BCUT2D eigenvalue weighted by Gasteiger charge is -2.23. The Bertz CT molecular complexity index is 1070. The average Bonchev–Trinajstić information content (AvgIpc) is 2.65. The summed E-state index contributed by atoms with van der Waals surface area (Å²) in [7, 11) is -2.94. The Hall–Kier alpha value is -2.79. The summed E-state index contributed by atoms with van der Waals surface area (Å²) in [6.45, 7) is -0.821. The van der Waals surface area contributed by atoms with Crippen LogP contribution in [0.4, 0.5) is 24.5 Å². The number of hydrogen-bond donors (Lipinski definition) is 1. The predicted molar refractivity (Wildman–Crippen MR) is 105 cm³/mol. The van der Waals surface area contributed by atoms with Crippen LogP contribution in [0.5, 0.6) is 0 Å². The standard InChI is InChI=1S/C18H16ClF3N2O5S/c1-29-17(26)11-6-7-14(19)15(8-11)23-16(25)10-24(30(2,27)28)13-5-3-4-12(9-13)18(20,21)22/h3-9H,10H2,1-2H3,(H,23,25). The molecule has 0 aromatic heterocycles. The van der Waals surface area contributed by atoms with Gasteiger partial charge in [-0.25, -0.2) is 13.2 Å². The van der Waals surface area contributed by atoms with Crippen LogP contribution in [-0.4, -0.2) is 40.2 Å². The van der Waals surface area contributed by atoms with Crippen LogP contribution >= 0.6 is 11.6 Å². The molecule has 12 heteroatoms. The Labute approximate surface area is 175 Å². The molecule has 2 rings (SSSR count). The topological polar surface area (TPSA) is 92.8 Å². The number of carbonyl (C=O) groups excluding carboxylic acids is 2. The Morgan fingerprint density at radius 3 is 2.40 bits per heavy atom. The van der Waals surface area contributed by atoms with Crippen LogP contribution in [0.3, 0.4) is 0 Å². The molecule has 162 valence electrons. The Kier molecular flexibility index (Phi) is 6.99. The third-order valence-electron chi connectivity index (χ3n) is 3.81. The van der Waals surface area contributed by atoms with Crippen molar-refractivity contribution in [3.8, 4) is 0 Å². The number of rotatable bonds is 6. The Balaban J connectivity index is 2.31. The van der Waals surface area contributed by atoms with Crippen molar-refractivity contribution in [2.75, 3.05) is 29.5 Å². The van der Waals surface area contributed by atoms with Crippen LogP contribution < -0.4 is 9.62 Å². The van der Waals surface area contributed by atoms with Crippen molar-refractivity contribution in [2.45, 2.75) is 6.18 Å². The summed E-state index contributed by atoms with van der Waals surface area (Å²) in [5.41, 5.74) is -1.32. The van der Waals surface area contributed by atoms with Crippen LogP contribution in [0.2, 0.25) is 5.02 Å². The first-order chi connectivity index (χ1) is 13.8. The monoisotopic (exact) mass is 464 g/mol. The van der Waals surface area contributed by atoms with E-state index in [1.807, 2.05) is 0 Å². The lowest BCUT2D eigenvalue weighted by molar-refractivity contribution is -0.137. The molecule has 2 aromatic rings. The Morgan fingerprint density at radius 2 is 1.83 bits per heavy atom. The van der Waals surface area contributed by atoms with Crippen molar-refractivity contribution < 1.29 is 35.9 Å². The molecule has 0 fully saturated rings. The van der Waals surface area contributed by atoms with E-state index in [4.69, 9.17) is 11.6 Å². The Morgan fingerprint density at radius 1 is 1.17 bits per heavy atom. The molecule has 0 unspecified atom stereocenters. The van der Waals surface area contributed by atoms with Gasteiger partial charge < -0.3 is 10.1 Å². The number of amides is 1. The maximum absolute atomic E-state index is 13.0. The largest absolute Gasteiger partial charge is 0.465 e. The number of halogens is 4. The van der Waals surface area contributed by atoms with E-state index in [-0.39, 0.29) is 22.0 Å².